The molecule has 0 bridgehead atoms. The van der Waals surface area contributed by atoms with Crippen LogP contribution in [0.3, 0.4) is 0 Å². The molecule has 3 nitrogen and oxygen atoms in total. The van der Waals surface area contributed by atoms with Gasteiger partial charge < -0.3 is 10.5 Å². The van der Waals surface area contributed by atoms with Gasteiger partial charge in [-0.25, -0.2) is 0 Å². The van der Waals surface area contributed by atoms with Crippen LogP contribution in [0, 0.1) is 11.8 Å². The number of nitrogens with two attached hydrogens (primary N) is 1. The molecule has 0 amide bonds. The molecule has 2 N–H and O–H groups in total. The number of rotatable bonds is 2. The first-order valence-corrected chi connectivity index (χ1v) is 5.35. The molecule has 1 rings (SSSR count). The Bertz CT molecular complexity index is 217. The zero-order chi connectivity index (χ0) is 10.8. The standard InChI is InChI=1S/C11H21NO2/c1-8-5-4-6-11(12,9(8)2)7-10(13)14-3/h8-9H,4-7,12H2,1-3H3. The fraction of sp³-hybridized carbons (Fsp3) is 0.909. The van der Waals surface area contributed by atoms with Crippen LogP contribution in [0.25, 0.3) is 0 Å². The second-order valence-electron chi connectivity index (χ2n) is 4.64. The van der Waals surface area contributed by atoms with Crippen molar-refractivity contribution in [3.05, 3.63) is 0 Å². The highest BCUT2D eigenvalue weighted by molar-refractivity contribution is 5.70. The monoisotopic (exact) mass is 199 g/mol. The zero-order valence-electron chi connectivity index (χ0n) is 9.38. The Labute approximate surface area is 86.0 Å². The van der Waals surface area contributed by atoms with Gasteiger partial charge in [-0.2, -0.15) is 0 Å². The molecule has 1 aliphatic rings. The Balaban J connectivity index is 2.65. The molecular weight excluding hydrogens is 178 g/mol. The lowest BCUT2D eigenvalue weighted by Crippen LogP contribution is -2.52. The van der Waals surface area contributed by atoms with Crippen LogP contribution in [-0.2, 0) is 9.53 Å². The maximum atomic E-state index is 11.2. The second kappa shape index (κ2) is 4.30. The maximum Gasteiger partial charge on any atom is 0.307 e. The molecular formula is C11H21NO2. The minimum atomic E-state index is -0.342. The third-order valence-electron chi connectivity index (χ3n) is 3.76. The van der Waals surface area contributed by atoms with E-state index in [1.807, 2.05) is 0 Å². The van der Waals surface area contributed by atoms with Crippen molar-refractivity contribution in [1.82, 2.24) is 0 Å². The van der Waals surface area contributed by atoms with E-state index in [2.05, 4.69) is 18.6 Å². The highest BCUT2D eigenvalue weighted by Gasteiger charge is 2.39. The molecule has 82 valence electrons. The molecule has 0 heterocycles. The minimum absolute atomic E-state index is 0.187. The SMILES string of the molecule is COC(=O)CC1(N)CCCC(C)C1C. The molecule has 3 atom stereocenters. The van der Waals surface area contributed by atoms with Gasteiger partial charge in [0.05, 0.1) is 13.5 Å². The van der Waals surface area contributed by atoms with Crippen LogP contribution in [0.2, 0.25) is 0 Å². The van der Waals surface area contributed by atoms with Gasteiger partial charge in [0.25, 0.3) is 0 Å². The van der Waals surface area contributed by atoms with E-state index in [1.165, 1.54) is 13.5 Å². The van der Waals surface area contributed by atoms with E-state index < -0.39 is 0 Å². The summed E-state index contributed by atoms with van der Waals surface area (Å²) in [4.78, 5) is 11.2. The summed E-state index contributed by atoms with van der Waals surface area (Å²) in [5, 5.41) is 0. The van der Waals surface area contributed by atoms with Crippen molar-refractivity contribution in [1.29, 1.82) is 0 Å². The summed E-state index contributed by atoms with van der Waals surface area (Å²) in [6.07, 6.45) is 3.64. The van der Waals surface area contributed by atoms with Gasteiger partial charge in [-0.05, 0) is 18.3 Å². The van der Waals surface area contributed by atoms with E-state index in [1.54, 1.807) is 0 Å². The summed E-state index contributed by atoms with van der Waals surface area (Å²) in [7, 11) is 1.42. The number of hydrogen-bond acceptors (Lipinski definition) is 3. The fourth-order valence-corrected chi connectivity index (χ4v) is 2.39. The molecule has 1 fully saturated rings. The number of carbonyl (C=O) groups is 1. The molecule has 3 unspecified atom stereocenters. The third kappa shape index (κ3) is 2.27. The Morgan fingerprint density at radius 3 is 2.79 bits per heavy atom. The van der Waals surface area contributed by atoms with Crippen LogP contribution >= 0.6 is 0 Å². The first-order chi connectivity index (χ1) is 6.49. The lowest BCUT2D eigenvalue weighted by Gasteiger charge is -2.42. The van der Waals surface area contributed by atoms with E-state index in [0.717, 1.165) is 12.8 Å². The highest BCUT2D eigenvalue weighted by atomic mass is 16.5. The first-order valence-electron chi connectivity index (χ1n) is 5.35. The molecule has 0 aromatic heterocycles. The largest absolute Gasteiger partial charge is 0.469 e. The predicted molar refractivity (Wildman–Crippen MR) is 55.7 cm³/mol. The van der Waals surface area contributed by atoms with E-state index in [9.17, 15) is 4.79 Å². The third-order valence-corrected chi connectivity index (χ3v) is 3.76. The Morgan fingerprint density at radius 2 is 2.21 bits per heavy atom. The van der Waals surface area contributed by atoms with Crippen LogP contribution in [0.5, 0.6) is 0 Å². The van der Waals surface area contributed by atoms with Crippen molar-refractivity contribution < 1.29 is 9.53 Å². The molecule has 0 saturated heterocycles. The maximum absolute atomic E-state index is 11.2. The predicted octanol–water partition coefficient (Wildman–Crippen LogP) is 1.70. The van der Waals surface area contributed by atoms with Crippen molar-refractivity contribution in [3.8, 4) is 0 Å². The van der Waals surface area contributed by atoms with Crippen LogP contribution in [-0.4, -0.2) is 18.6 Å². The molecule has 0 spiro atoms. The number of esters is 1. The summed E-state index contributed by atoms with van der Waals surface area (Å²) in [6.45, 7) is 4.36. The van der Waals surface area contributed by atoms with Crippen molar-refractivity contribution >= 4 is 5.97 Å². The number of methoxy groups -OCH3 is 1. The molecule has 0 aromatic rings. The lowest BCUT2D eigenvalue weighted by atomic mass is 9.67. The smallest absolute Gasteiger partial charge is 0.307 e. The number of ether oxygens (including phenoxy) is 1. The molecule has 0 aliphatic heterocycles. The van der Waals surface area contributed by atoms with E-state index in [4.69, 9.17) is 5.73 Å². The topological polar surface area (TPSA) is 52.3 Å². The van der Waals surface area contributed by atoms with Crippen LogP contribution in [0.4, 0.5) is 0 Å². The zero-order valence-corrected chi connectivity index (χ0v) is 9.38. The molecule has 1 saturated carbocycles. The van der Waals surface area contributed by atoms with Crippen LogP contribution in [0.1, 0.15) is 39.5 Å². The normalized spacial score (nSPS) is 38.0. The van der Waals surface area contributed by atoms with Crippen molar-refractivity contribution in [2.45, 2.75) is 45.1 Å². The van der Waals surface area contributed by atoms with Gasteiger partial charge in [0.1, 0.15) is 0 Å². The average molecular weight is 199 g/mol. The molecule has 14 heavy (non-hydrogen) atoms. The Kier molecular flexibility index (Phi) is 3.53. The number of carbonyl (C=O) groups excluding carboxylic acids is 1. The highest BCUT2D eigenvalue weighted by Crippen LogP contribution is 2.38. The molecule has 0 aromatic carbocycles. The van der Waals surface area contributed by atoms with Crippen molar-refractivity contribution in [2.75, 3.05) is 7.11 Å². The summed E-state index contributed by atoms with van der Waals surface area (Å²) >= 11 is 0. The van der Waals surface area contributed by atoms with E-state index in [0.29, 0.717) is 18.3 Å². The quantitative estimate of drug-likeness (QED) is 0.689. The fourth-order valence-electron chi connectivity index (χ4n) is 2.39. The van der Waals surface area contributed by atoms with Gasteiger partial charge >= 0.3 is 5.97 Å². The van der Waals surface area contributed by atoms with E-state index in [-0.39, 0.29) is 11.5 Å². The van der Waals surface area contributed by atoms with Gasteiger partial charge in [-0.1, -0.05) is 26.7 Å². The van der Waals surface area contributed by atoms with Gasteiger partial charge in [-0.15, -0.1) is 0 Å². The molecule has 1 aliphatic carbocycles. The summed E-state index contributed by atoms with van der Waals surface area (Å²) in [5.74, 6) is 0.821. The molecule has 3 heteroatoms. The minimum Gasteiger partial charge on any atom is -0.469 e. The van der Waals surface area contributed by atoms with E-state index >= 15 is 0 Å². The summed E-state index contributed by atoms with van der Waals surface area (Å²) in [6, 6.07) is 0. The Hall–Kier alpha value is -0.570. The van der Waals surface area contributed by atoms with Crippen molar-refractivity contribution in [3.63, 3.8) is 0 Å². The van der Waals surface area contributed by atoms with Gasteiger partial charge in [0.15, 0.2) is 0 Å². The summed E-state index contributed by atoms with van der Waals surface area (Å²) < 4.78 is 4.68. The average Bonchev–Trinajstić information content (AvgIpc) is 2.14. The summed E-state index contributed by atoms with van der Waals surface area (Å²) in [5.41, 5.74) is 5.93. The van der Waals surface area contributed by atoms with Gasteiger partial charge in [-0.3, -0.25) is 4.79 Å². The van der Waals surface area contributed by atoms with Crippen LogP contribution in [0.15, 0.2) is 0 Å². The van der Waals surface area contributed by atoms with Crippen molar-refractivity contribution in [2.24, 2.45) is 17.6 Å². The lowest BCUT2D eigenvalue weighted by molar-refractivity contribution is -0.143. The van der Waals surface area contributed by atoms with Gasteiger partial charge in [0, 0.05) is 5.54 Å². The second-order valence-corrected chi connectivity index (χ2v) is 4.64. The van der Waals surface area contributed by atoms with Gasteiger partial charge in [0.2, 0.25) is 0 Å². The number of hydrogen-bond donors (Lipinski definition) is 1. The molecule has 0 radical (unpaired) electrons. The first kappa shape index (κ1) is 11.5. The van der Waals surface area contributed by atoms with Crippen LogP contribution < -0.4 is 5.73 Å². The Morgan fingerprint density at radius 1 is 1.57 bits per heavy atom.